The zero-order chi connectivity index (χ0) is 21.9. The summed E-state index contributed by atoms with van der Waals surface area (Å²) >= 11 is 0. The molecule has 9 heteroatoms. The SMILES string of the molecule is O=C(N1CCC(c2nnc(C3(O)CC3)[nH]2)CC1)N1CC(OC2CC=C(C3CC3)C=C2F)C1. The molecule has 4 fully saturated rings. The standard InChI is InChI=1S/C23H30FN5O3/c24-18-11-16(14-1-2-14)3-4-19(18)32-17-12-29(13-17)22(30)28-9-5-15(6-10-28)20-25-21(27-26-20)23(31)7-8-23/h3,11,14-15,17,19,31H,1-2,4-10,12-13H2,(H,25,26,27). The normalized spacial score (nSPS) is 28.2. The monoisotopic (exact) mass is 443 g/mol. The van der Waals surface area contributed by atoms with E-state index in [4.69, 9.17) is 4.74 Å². The van der Waals surface area contributed by atoms with E-state index in [0.29, 0.717) is 44.3 Å². The maximum atomic E-state index is 14.4. The van der Waals surface area contributed by atoms with Gasteiger partial charge >= 0.3 is 6.03 Å². The Morgan fingerprint density at radius 2 is 1.88 bits per heavy atom. The Morgan fingerprint density at radius 1 is 1.12 bits per heavy atom. The fourth-order valence-corrected chi connectivity index (χ4v) is 4.97. The number of aromatic amines is 1. The number of hydrogen-bond acceptors (Lipinski definition) is 5. The van der Waals surface area contributed by atoms with E-state index in [1.807, 2.05) is 4.90 Å². The predicted molar refractivity (Wildman–Crippen MR) is 113 cm³/mol. The summed E-state index contributed by atoms with van der Waals surface area (Å²) in [5.41, 5.74) is 0.325. The van der Waals surface area contributed by atoms with Crippen LogP contribution in [-0.2, 0) is 10.3 Å². The van der Waals surface area contributed by atoms with Crippen LogP contribution in [0.5, 0.6) is 0 Å². The number of urea groups is 1. The van der Waals surface area contributed by atoms with Gasteiger partial charge in [0.15, 0.2) is 5.82 Å². The van der Waals surface area contributed by atoms with Crippen molar-refractivity contribution in [3.63, 3.8) is 0 Å². The maximum Gasteiger partial charge on any atom is 0.320 e. The summed E-state index contributed by atoms with van der Waals surface area (Å²) < 4.78 is 20.3. The summed E-state index contributed by atoms with van der Waals surface area (Å²) in [4.78, 5) is 19.7. The first-order chi connectivity index (χ1) is 15.5. The Balaban J connectivity index is 0.951. The van der Waals surface area contributed by atoms with Gasteiger partial charge in [-0.25, -0.2) is 9.18 Å². The van der Waals surface area contributed by atoms with Gasteiger partial charge in [-0.2, -0.15) is 0 Å². The highest BCUT2D eigenvalue weighted by atomic mass is 19.1. The van der Waals surface area contributed by atoms with E-state index in [9.17, 15) is 14.3 Å². The van der Waals surface area contributed by atoms with Gasteiger partial charge in [-0.3, -0.25) is 0 Å². The van der Waals surface area contributed by atoms with Crippen LogP contribution in [0, 0.1) is 5.92 Å². The van der Waals surface area contributed by atoms with Crippen LogP contribution in [0.1, 0.15) is 62.5 Å². The average Bonchev–Trinajstić information content (AvgIpc) is 3.70. The summed E-state index contributed by atoms with van der Waals surface area (Å²) in [7, 11) is 0. The van der Waals surface area contributed by atoms with Crippen molar-refractivity contribution in [1.82, 2.24) is 25.0 Å². The number of carbonyl (C=O) groups excluding carboxylic acids is 1. The lowest BCUT2D eigenvalue weighted by molar-refractivity contribution is -0.0740. The molecule has 3 aliphatic carbocycles. The Kier molecular flexibility index (Phi) is 4.87. The molecule has 2 N–H and O–H groups in total. The van der Waals surface area contributed by atoms with E-state index in [0.717, 1.165) is 37.1 Å². The molecule has 3 heterocycles. The van der Waals surface area contributed by atoms with E-state index in [2.05, 4.69) is 21.3 Å². The zero-order valence-electron chi connectivity index (χ0n) is 18.2. The molecule has 6 rings (SSSR count). The van der Waals surface area contributed by atoms with Crippen molar-refractivity contribution in [1.29, 1.82) is 0 Å². The Labute approximate surface area is 186 Å². The molecule has 1 aromatic rings. The third-order valence-corrected chi connectivity index (χ3v) is 7.52. The summed E-state index contributed by atoms with van der Waals surface area (Å²) in [6.45, 7) is 2.37. The third-order valence-electron chi connectivity index (χ3n) is 7.52. The number of nitrogens with one attached hydrogen (secondary N) is 1. The van der Waals surface area contributed by atoms with E-state index >= 15 is 0 Å². The lowest BCUT2D eigenvalue weighted by Crippen LogP contribution is -2.60. The van der Waals surface area contributed by atoms with Crippen molar-refractivity contribution >= 4 is 6.03 Å². The summed E-state index contributed by atoms with van der Waals surface area (Å²) in [6, 6.07) is 0.0319. The molecule has 0 bridgehead atoms. The number of aliphatic hydroxyl groups is 1. The predicted octanol–water partition coefficient (Wildman–Crippen LogP) is 2.75. The van der Waals surface area contributed by atoms with Gasteiger partial charge in [0.05, 0.1) is 19.2 Å². The molecule has 2 saturated carbocycles. The van der Waals surface area contributed by atoms with Gasteiger partial charge in [-0.1, -0.05) is 6.08 Å². The number of aromatic nitrogens is 3. The molecule has 1 atom stereocenters. The smallest absolute Gasteiger partial charge is 0.320 e. The molecule has 172 valence electrons. The summed E-state index contributed by atoms with van der Waals surface area (Å²) in [5.74, 6) is 1.99. The van der Waals surface area contributed by atoms with Gasteiger partial charge in [0.25, 0.3) is 0 Å². The van der Waals surface area contributed by atoms with Crippen LogP contribution in [-0.4, -0.2) is 74.5 Å². The number of H-pyrrole nitrogens is 1. The quantitative estimate of drug-likeness (QED) is 0.730. The minimum Gasteiger partial charge on any atom is -0.382 e. The van der Waals surface area contributed by atoms with E-state index in [1.54, 1.807) is 11.0 Å². The second kappa shape index (κ2) is 7.66. The molecule has 0 aromatic carbocycles. The van der Waals surface area contributed by atoms with Gasteiger partial charge < -0.3 is 24.6 Å². The number of carbonyl (C=O) groups is 1. The number of allylic oxidation sites excluding steroid dienone is 2. The molecule has 32 heavy (non-hydrogen) atoms. The van der Waals surface area contributed by atoms with Crippen molar-refractivity contribution in [2.75, 3.05) is 26.2 Å². The van der Waals surface area contributed by atoms with E-state index in [1.165, 1.54) is 12.8 Å². The molecule has 0 spiro atoms. The average molecular weight is 444 g/mol. The van der Waals surface area contributed by atoms with E-state index < -0.39 is 11.7 Å². The minimum absolute atomic E-state index is 0.0319. The lowest BCUT2D eigenvalue weighted by atomic mass is 9.96. The van der Waals surface area contributed by atoms with Gasteiger partial charge in [-0.15, -0.1) is 10.2 Å². The third kappa shape index (κ3) is 3.85. The Hall–Kier alpha value is -2.26. The van der Waals surface area contributed by atoms with Gasteiger partial charge in [0, 0.05) is 19.0 Å². The van der Waals surface area contributed by atoms with Crippen molar-refractivity contribution in [2.45, 2.75) is 68.7 Å². The first-order valence-electron chi connectivity index (χ1n) is 11.9. The molecule has 0 radical (unpaired) electrons. The number of halogens is 1. The van der Waals surface area contributed by atoms with Crippen molar-refractivity contribution in [3.8, 4) is 0 Å². The summed E-state index contributed by atoms with van der Waals surface area (Å²) in [5, 5.41) is 18.5. The molecule has 2 amide bonds. The van der Waals surface area contributed by atoms with Crippen molar-refractivity contribution in [2.24, 2.45) is 5.92 Å². The number of nitrogens with zero attached hydrogens (tertiary/aromatic N) is 4. The molecule has 8 nitrogen and oxygen atoms in total. The zero-order valence-corrected chi connectivity index (χ0v) is 18.2. The number of amides is 2. The first kappa shape index (κ1) is 20.4. The number of hydrogen-bond donors (Lipinski definition) is 2. The number of piperidine rings is 1. The largest absolute Gasteiger partial charge is 0.382 e. The van der Waals surface area contributed by atoms with Crippen LogP contribution in [0.25, 0.3) is 0 Å². The van der Waals surface area contributed by atoms with Crippen LogP contribution in [0.15, 0.2) is 23.6 Å². The van der Waals surface area contributed by atoms with Gasteiger partial charge in [0.2, 0.25) is 0 Å². The topological polar surface area (TPSA) is 94.6 Å². The fraction of sp³-hybridized carbons (Fsp3) is 0.696. The molecule has 2 aliphatic heterocycles. The maximum absolute atomic E-state index is 14.4. The highest BCUT2D eigenvalue weighted by molar-refractivity contribution is 5.75. The minimum atomic E-state index is -0.801. The number of ether oxygens (including phenoxy) is 1. The second-order valence-corrected chi connectivity index (χ2v) is 10.0. The highest BCUT2D eigenvalue weighted by Crippen LogP contribution is 2.44. The molecule has 1 aromatic heterocycles. The van der Waals surface area contributed by atoms with Gasteiger partial charge in [-0.05, 0) is 62.5 Å². The van der Waals surface area contributed by atoms with Crippen molar-refractivity contribution < 1.29 is 19.0 Å². The molecular formula is C23H30FN5O3. The molecule has 5 aliphatic rings. The fourth-order valence-electron chi connectivity index (χ4n) is 4.97. The Morgan fingerprint density at radius 3 is 2.53 bits per heavy atom. The lowest BCUT2D eigenvalue weighted by Gasteiger charge is -2.44. The van der Waals surface area contributed by atoms with Crippen LogP contribution in [0.4, 0.5) is 9.18 Å². The van der Waals surface area contributed by atoms with Crippen LogP contribution >= 0.6 is 0 Å². The molecule has 1 unspecified atom stereocenters. The molecule has 2 saturated heterocycles. The van der Waals surface area contributed by atoms with Crippen molar-refractivity contribution in [3.05, 3.63) is 35.2 Å². The van der Waals surface area contributed by atoms with Crippen LogP contribution in [0.3, 0.4) is 0 Å². The Bertz CT molecular complexity index is 953. The summed E-state index contributed by atoms with van der Waals surface area (Å²) in [6.07, 6.45) is 9.19. The second-order valence-electron chi connectivity index (χ2n) is 10.0. The van der Waals surface area contributed by atoms with Crippen LogP contribution < -0.4 is 0 Å². The highest BCUT2D eigenvalue weighted by Gasteiger charge is 2.46. The molecular weight excluding hydrogens is 413 g/mol. The van der Waals surface area contributed by atoms with Gasteiger partial charge in [0.1, 0.15) is 23.4 Å². The van der Waals surface area contributed by atoms with E-state index in [-0.39, 0.29) is 23.9 Å². The van der Waals surface area contributed by atoms with Crippen LogP contribution in [0.2, 0.25) is 0 Å². The first-order valence-corrected chi connectivity index (χ1v) is 11.9. The number of likely N-dealkylation sites (tertiary alicyclic amines) is 2. The number of rotatable bonds is 5.